The molecule has 1 heterocycles. The minimum Gasteiger partial charge on any atom is -0.463 e. The molecule has 0 bridgehead atoms. The Morgan fingerprint density at radius 1 is 1.24 bits per heavy atom. The van der Waals surface area contributed by atoms with E-state index in [0.717, 1.165) is 5.57 Å². The summed E-state index contributed by atoms with van der Waals surface area (Å²) in [6, 6.07) is 7.28. The van der Waals surface area contributed by atoms with Crippen LogP contribution in [-0.4, -0.2) is 0 Å². The first-order valence-electron chi connectivity index (χ1n) is 5.58. The highest BCUT2D eigenvalue weighted by Gasteiger charge is 2.07. The molecule has 1 aromatic carbocycles. The first-order chi connectivity index (χ1) is 8.27. The first kappa shape index (κ1) is 11.4. The molecule has 0 aliphatic carbocycles. The maximum absolute atomic E-state index is 12.3. The van der Waals surface area contributed by atoms with Crippen molar-refractivity contribution < 1.29 is 4.42 Å². The standard InChI is InChI=1S/C15H14O2/c1-3-7-11(4-2)13-10-17-14-9-6-5-8-12(14)15(13)16/h3-10H,1-2H3/b7-3-,11-4+. The van der Waals surface area contributed by atoms with Crippen molar-refractivity contribution in [3.05, 3.63) is 64.5 Å². The Morgan fingerprint density at radius 3 is 2.71 bits per heavy atom. The number of allylic oxidation sites excluding steroid dienone is 4. The third kappa shape index (κ3) is 2.07. The van der Waals surface area contributed by atoms with Crippen molar-refractivity contribution in [2.24, 2.45) is 0 Å². The summed E-state index contributed by atoms with van der Waals surface area (Å²) >= 11 is 0. The van der Waals surface area contributed by atoms with Gasteiger partial charge in [0.05, 0.1) is 10.9 Å². The average Bonchev–Trinajstić information content (AvgIpc) is 2.37. The van der Waals surface area contributed by atoms with E-state index in [1.165, 1.54) is 6.26 Å². The molecule has 2 rings (SSSR count). The van der Waals surface area contributed by atoms with Gasteiger partial charge >= 0.3 is 0 Å². The molecule has 1 aromatic heterocycles. The lowest BCUT2D eigenvalue weighted by atomic mass is 10.1. The van der Waals surface area contributed by atoms with Gasteiger partial charge in [0.2, 0.25) is 0 Å². The van der Waals surface area contributed by atoms with Crippen LogP contribution in [0.5, 0.6) is 0 Å². The Labute approximate surface area is 99.9 Å². The van der Waals surface area contributed by atoms with Crippen molar-refractivity contribution in [1.82, 2.24) is 0 Å². The van der Waals surface area contributed by atoms with Crippen LogP contribution in [0, 0.1) is 0 Å². The lowest BCUT2D eigenvalue weighted by Crippen LogP contribution is -2.07. The summed E-state index contributed by atoms with van der Waals surface area (Å²) in [5.41, 5.74) is 2.12. The largest absolute Gasteiger partial charge is 0.463 e. The molecule has 0 atom stereocenters. The molecule has 0 unspecified atom stereocenters. The zero-order chi connectivity index (χ0) is 12.3. The summed E-state index contributed by atoms with van der Waals surface area (Å²) in [7, 11) is 0. The third-order valence-electron chi connectivity index (χ3n) is 2.65. The van der Waals surface area contributed by atoms with E-state index in [9.17, 15) is 4.79 Å². The second kappa shape index (κ2) is 4.83. The summed E-state index contributed by atoms with van der Waals surface area (Å²) in [5, 5.41) is 0.619. The van der Waals surface area contributed by atoms with Crippen LogP contribution in [0.3, 0.4) is 0 Å². The van der Waals surface area contributed by atoms with E-state index in [4.69, 9.17) is 4.42 Å². The van der Waals surface area contributed by atoms with Crippen molar-refractivity contribution in [3.63, 3.8) is 0 Å². The fraction of sp³-hybridized carbons (Fsp3) is 0.133. The van der Waals surface area contributed by atoms with Gasteiger partial charge in [0, 0.05) is 0 Å². The van der Waals surface area contributed by atoms with E-state index < -0.39 is 0 Å². The molecule has 0 fully saturated rings. The smallest absolute Gasteiger partial charge is 0.200 e. The van der Waals surface area contributed by atoms with Crippen LogP contribution in [0.4, 0.5) is 0 Å². The molecule has 0 aliphatic heterocycles. The number of hydrogen-bond donors (Lipinski definition) is 0. The topological polar surface area (TPSA) is 30.2 Å². The Morgan fingerprint density at radius 2 is 2.00 bits per heavy atom. The molecule has 0 radical (unpaired) electrons. The molecule has 17 heavy (non-hydrogen) atoms. The molecule has 2 heteroatoms. The highest BCUT2D eigenvalue weighted by molar-refractivity contribution is 5.82. The van der Waals surface area contributed by atoms with Crippen LogP contribution >= 0.6 is 0 Å². The van der Waals surface area contributed by atoms with E-state index in [-0.39, 0.29) is 5.43 Å². The van der Waals surface area contributed by atoms with Gasteiger partial charge in [-0.3, -0.25) is 4.79 Å². The molecule has 0 saturated heterocycles. The van der Waals surface area contributed by atoms with Gasteiger partial charge in [-0.1, -0.05) is 30.4 Å². The van der Waals surface area contributed by atoms with Crippen molar-refractivity contribution in [3.8, 4) is 0 Å². The zero-order valence-corrected chi connectivity index (χ0v) is 9.94. The molecular formula is C15H14O2. The molecule has 0 N–H and O–H groups in total. The Balaban J connectivity index is 2.73. The molecule has 86 valence electrons. The van der Waals surface area contributed by atoms with Gasteiger partial charge in [-0.2, -0.15) is 0 Å². The molecule has 0 amide bonds. The van der Waals surface area contributed by atoms with Gasteiger partial charge in [-0.25, -0.2) is 0 Å². The Hall–Kier alpha value is -2.09. The second-order valence-corrected chi connectivity index (χ2v) is 3.72. The van der Waals surface area contributed by atoms with Crippen LogP contribution < -0.4 is 5.43 Å². The van der Waals surface area contributed by atoms with Crippen molar-refractivity contribution in [2.75, 3.05) is 0 Å². The molecule has 2 aromatic rings. The van der Waals surface area contributed by atoms with Gasteiger partial charge in [-0.15, -0.1) is 0 Å². The number of fused-ring (bicyclic) bond motifs is 1. The molecule has 0 spiro atoms. The predicted molar refractivity (Wildman–Crippen MR) is 70.9 cm³/mol. The normalized spacial score (nSPS) is 12.5. The number of para-hydroxylation sites is 1. The lowest BCUT2D eigenvalue weighted by molar-refractivity contribution is 0.600. The fourth-order valence-electron chi connectivity index (χ4n) is 1.80. The number of benzene rings is 1. The van der Waals surface area contributed by atoms with Crippen LogP contribution in [0.25, 0.3) is 16.5 Å². The van der Waals surface area contributed by atoms with Crippen LogP contribution in [0.15, 0.2) is 58.0 Å². The van der Waals surface area contributed by atoms with E-state index in [1.54, 1.807) is 12.1 Å². The average molecular weight is 226 g/mol. The number of hydrogen-bond acceptors (Lipinski definition) is 2. The molecule has 0 saturated carbocycles. The highest BCUT2D eigenvalue weighted by Crippen LogP contribution is 2.17. The molecular weight excluding hydrogens is 212 g/mol. The van der Waals surface area contributed by atoms with Gasteiger partial charge in [0.15, 0.2) is 5.43 Å². The predicted octanol–water partition coefficient (Wildman–Crippen LogP) is 3.77. The summed E-state index contributed by atoms with van der Waals surface area (Å²) < 4.78 is 5.48. The van der Waals surface area contributed by atoms with E-state index in [1.807, 2.05) is 44.2 Å². The Bertz CT molecular complexity index is 645. The van der Waals surface area contributed by atoms with Gasteiger partial charge in [-0.05, 0) is 31.6 Å². The van der Waals surface area contributed by atoms with Crippen LogP contribution in [0.1, 0.15) is 19.4 Å². The molecule has 2 nitrogen and oxygen atoms in total. The summed E-state index contributed by atoms with van der Waals surface area (Å²) in [4.78, 5) is 12.3. The van der Waals surface area contributed by atoms with Crippen LogP contribution in [0.2, 0.25) is 0 Å². The van der Waals surface area contributed by atoms with Gasteiger partial charge < -0.3 is 4.42 Å². The monoisotopic (exact) mass is 226 g/mol. The van der Waals surface area contributed by atoms with Crippen molar-refractivity contribution in [2.45, 2.75) is 13.8 Å². The number of rotatable bonds is 2. The quantitative estimate of drug-likeness (QED) is 0.729. The van der Waals surface area contributed by atoms with Gasteiger partial charge in [0.1, 0.15) is 11.8 Å². The SMILES string of the molecule is C/C=C\C(=C/C)c1coc2ccccc2c1=O. The minimum absolute atomic E-state index is 0.0121. The maximum Gasteiger partial charge on any atom is 0.200 e. The summed E-state index contributed by atoms with van der Waals surface area (Å²) in [6.07, 6.45) is 7.24. The fourth-order valence-corrected chi connectivity index (χ4v) is 1.80. The van der Waals surface area contributed by atoms with E-state index in [0.29, 0.717) is 16.5 Å². The maximum atomic E-state index is 12.3. The summed E-state index contributed by atoms with van der Waals surface area (Å²) in [5.74, 6) is 0. The highest BCUT2D eigenvalue weighted by atomic mass is 16.3. The first-order valence-corrected chi connectivity index (χ1v) is 5.58. The minimum atomic E-state index is 0.0121. The lowest BCUT2D eigenvalue weighted by Gasteiger charge is -2.02. The van der Waals surface area contributed by atoms with E-state index in [2.05, 4.69) is 0 Å². The zero-order valence-electron chi connectivity index (χ0n) is 9.94. The van der Waals surface area contributed by atoms with Gasteiger partial charge in [0.25, 0.3) is 0 Å². The van der Waals surface area contributed by atoms with Crippen LogP contribution in [-0.2, 0) is 0 Å². The second-order valence-electron chi connectivity index (χ2n) is 3.72. The van der Waals surface area contributed by atoms with E-state index >= 15 is 0 Å². The Kier molecular flexibility index (Phi) is 3.24. The van der Waals surface area contributed by atoms with Crippen molar-refractivity contribution >= 4 is 16.5 Å². The molecule has 0 aliphatic rings. The van der Waals surface area contributed by atoms with Crippen molar-refractivity contribution in [1.29, 1.82) is 0 Å². The third-order valence-corrected chi connectivity index (χ3v) is 2.65. The summed E-state index contributed by atoms with van der Waals surface area (Å²) in [6.45, 7) is 3.83.